The summed E-state index contributed by atoms with van der Waals surface area (Å²) in [6.07, 6.45) is 2.54. The Kier molecular flexibility index (Phi) is 3.53. The maximum Gasteiger partial charge on any atom is 0.0495 e. The summed E-state index contributed by atoms with van der Waals surface area (Å²) >= 11 is 0. The van der Waals surface area contributed by atoms with Gasteiger partial charge in [0.15, 0.2) is 0 Å². The van der Waals surface area contributed by atoms with Crippen LogP contribution in [0.5, 0.6) is 0 Å². The monoisotopic (exact) mass is 171 g/mol. The van der Waals surface area contributed by atoms with Crippen LogP contribution in [0.15, 0.2) is 0 Å². The lowest BCUT2D eigenvalue weighted by atomic mass is 9.82. The van der Waals surface area contributed by atoms with Crippen molar-refractivity contribution in [3.05, 3.63) is 0 Å². The molecule has 72 valence electrons. The molecule has 1 heterocycles. The summed E-state index contributed by atoms with van der Waals surface area (Å²) in [5.41, 5.74) is 0.424. The van der Waals surface area contributed by atoms with Crippen molar-refractivity contribution in [3.8, 4) is 0 Å². The number of hydrogen-bond donors (Lipinski definition) is 1. The van der Waals surface area contributed by atoms with E-state index in [0.29, 0.717) is 5.41 Å². The van der Waals surface area contributed by atoms with Gasteiger partial charge in [-0.1, -0.05) is 13.8 Å². The van der Waals surface area contributed by atoms with E-state index in [-0.39, 0.29) is 0 Å². The third kappa shape index (κ3) is 3.11. The fourth-order valence-corrected chi connectivity index (χ4v) is 2.08. The van der Waals surface area contributed by atoms with Gasteiger partial charge in [-0.2, -0.15) is 0 Å². The first-order chi connectivity index (χ1) is 5.64. The summed E-state index contributed by atoms with van der Waals surface area (Å²) in [5.74, 6) is 0.799. The molecule has 2 nitrogen and oxygen atoms in total. The molecule has 0 aliphatic carbocycles. The molecule has 0 bridgehead atoms. The maximum atomic E-state index is 5.36. The molecule has 0 amide bonds. The Morgan fingerprint density at radius 3 is 2.75 bits per heavy atom. The van der Waals surface area contributed by atoms with E-state index in [1.54, 1.807) is 0 Å². The lowest BCUT2D eigenvalue weighted by Gasteiger charge is -2.26. The molecule has 1 saturated heterocycles. The van der Waals surface area contributed by atoms with Crippen molar-refractivity contribution in [1.82, 2.24) is 5.32 Å². The van der Waals surface area contributed by atoms with E-state index >= 15 is 0 Å². The molecule has 0 aromatic carbocycles. The normalized spacial score (nSPS) is 24.8. The van der Waals surface area contributed by atoms with Gasteiger partial charge < -0.3 is 10.1 Å². The van der Waals surface area contributed by atoms with E-state index in [1.807, 2.05) is 7.05 Å². The Labute approximate surface area is 75.7 Å². The van der Waals surface area contributed by atoms with Crippen molar-refractivity contribution in [3.63, 3.8) is 0 Å². The van der Waals surface area contributed by atoms with Gasteiger partial charge in [0, 0.05) is 13.2 Å². The average Bonchev–Trinajstić information content (AvgIpc) is 2.38. The lowest BCUT2D eigenvalue weighted by Crippen LogP contribution is -2.29. The van der Waals surface area contributed by atoms with Crippen LogP contribution in [0.25, 0.3) is 0 Å². The van der Waals surface area contributed by atoms with Crippen LogP contribution >= 0.6 is 0 Å². The first-order valence-electron chi connectivity index (χ1n) is 4.86. The summed E-state index contributed by atoms with van der Waals surface area (Å²) in [7, 11) is 2.02. The number of nitrogens with one attached hydrogen (secondary N) is 1. The maximum absolute atomic E-state index is 5.36. The molecule has 2 heteroatoms. The second kappa shape index (κ2) is 4.24. The van der Waals surface area contributed by atoms with Gasteiger partial charge in [-0.25, -0.2) is 0 Å². The molecule has 0 saturated carbocycles. The van der Waals surface area contributed by atoms with Gasteiger partial charge in [0.1, 0.15) is 0 Å². The second-order valence-electron chi connectivity index (χ2n) is 4.63. The van der Waals surface area contributed by atoms with Crippen molar-refractivity contribution in [2.24, 2.45) is 11.3 Å². The van der Waals surface area contributed by atoms with Crippen molar-refractivity contribution in [2.45, 2.75) is 26.7 Å². The van der Waals surface area contributed by atoms with Gasteiger partial charge in [0.25, 0.3) is 0 Å². The molecular formula is C10H21NO. The zero-order chi connectivity index (χ0) is 9.03. The molecule has 0 aromatic rings. The molecule has 1 fully saturated rings. The Morgan fingerprint density at radius 1 is 1.50 bits per heavy atom. The lowest BCUT2D eigenvalue weighted by molar-refractivity contribution is 0.170. The summed E-state index contributed by atoms with van der Waals surface area (Å²) in [6.45, 7) is 7.70. The first-order valence-corrected chi connectivity index (χ1v) is 4.86. The fourth-order valence-electron chi connectivity index (χ4n) is 2.08. The van der Waals surface area contributed by atoms with Crippen LogP contribution in [0.1, 0.15) is 26.7 Å². The van der Waals surface area contributed by atoms with Crippen molar-refractivity contribution < 1.29 is 4.74 Å². The minimum absolute atomic E-state index is 0.424. The van der Waals surface area contributed by atoms with E-state index in [4.69, 9.17) is 4.74 Å². The second-order valence-corrected chi connectivity index (χ2v) is 4.63. The van der Waals surface area contributed by atoms with Gasteiger partial charge in [-0.05, 0) is 37.8 Å². The molecule has 1 atom stereocenters. The molecular weight excluding hydrogens is 150 g/mol. The standard InChI is InChI=1S/C10H21NO/c1-10(2,8-11-3)6-9-4-5-12-7-9/h9,11H,4-8H2,1-3H3/t9-/m0/s1. The van der Waals surface area contributed by atoms with Crippen LogP contribution < -0.4 is 5.32 Å². The molecule has 1 aliphatic rings. The zero-order valence-electron chi connectivity index (χ0n) is 8.52. The predicted molar refractivity (Wildman–Crippen MR) is 51.3 cm³/mol. The Hall–Kier alpha value is -0.0800. The molecule has 0 spiro atoms. The van der Waals surface area contributed by atoms with Gasteiger partial charge in [0.2, 0.25) is 0 Å². The Morgan fingerprint density at radius 2 is 2.25 bits per heavy atom. The van der Waals surface area contributed by atoms with Crippen LogP contribution in [0, 0.1) is 11.3 Å². The summed E-state index contributed by atoms with van der Waals surface area (Å²) in [6, 6.07) is 0. The van der Waals surface area contributed by atoms with E-state index in [9.17, 15) is 0 Å². The third-order valence-electron chi connectivity index (χ3n) is 2.52. The highest BCUT2D eigenvalue weighted by molar-refractivity contribution is 4.77. The van der Waals surface area contributed by atoms with E-state index in [2.05, 4.69) is 19.2 Å². The van der Waals surface area contributed by atoms with Crippen LogP contribution in [-0.2, 0) is 4.74 Å². The highest BCUT2D eigenvalue weighted by Crippen LogP contribution is 2.29. The largest absolute Gasteiger partial charge is 0.381 e. The number of rotatable bonds is 4. The van der Waals surface area contributed by atoms with Gasteiger partial charge in [-0.3, -0.25) is 0 Å². The smallest absolute Gasteiger partial charge is 0.0495 e. The van der Waals surface area contributed by atoms with Gasteiger partial charge in [0.05, 0.1) is 0 Å². The van der Waals surface area contributed by atoms with Gasteiger partial charge in [-0.15, -0.1) is 0 Å². The topological polar surface area (TPSA) is 21.3 Å². The summed E-state index contributed by atoms with van der Waals surface area (Å²) < 4.78 is 5.36. The van der Waals surface area contributed by atoms with E-state index in [0.717, 1.165) is 25.7 Å². The summed E-state index contributed by atoms with van der Waals surface area (Å²) in [5, 5.41) is 3.24. The molecule has 1 N–H and O–H groups in total. The van der Waals surface area contributed by atoms with Gasteiger partial charge >= 0.3 is 0 Å². The SMILES string of the molecule is CNCC(C)(C)C[C@@H]1CCOC1. The molecule has 0 unspecified atom stereocenters. The Bertz CT molecular complexity index is 128. The molecule has 1 aliphatic heterocycles. The van der Waals surface area contributed by atoms with Crippen molar-refractivity contribution in [1.29, 1.82) is 0 Å². The van der Waals surface area contributed by atoms with E-state index < -0.39 is 0 Å². The minimum Gasteiger partial charge on any atom is -0.381 e. The quantitative estimate of drug-likeness (QED) is 0.694. The summed E-state index contributed by atoms with van der Waals surface area (Å²) in [4.78, 5) is 0. The average molecular weight is 171 g/mol. The minimum atomic E-state index is 0.424. The van der Waals surface area contributed by atoms with Crippen molar-refractivity contribution >= 4 is 0 Å². The molecule has 12 heavy (non-hydrogen) atoms. The predicted octanol–water partition coefficient (Wildman–Crippen LogP) is 1.66. The molecule has 1 rings (SSSR count). The molecule has 0 aromatic heterocycles. The number of ether oxygens (including phenoxy) is 1. The van der Waals surface area contributed by atoms with Crippen LogP contribution in [0.2, 0.25) is 0 Å². The van der Waals surface area contributed by atoms with Crippen LogP contribution in [0.4, 0.5) is 0 Å². The van der Waals surface area contributed by atoms with E-state index in [1.165, 1.54) is 12.8 Å². The van der Waals surface area contributed by atoms with Crippen LogP contribution in [0.3, 0.4) is 0 Å². The highest BCUT2D eigenvalue weighted by Gasteiger charge is 2.25. The molecule has 0 radical (unpaired) electrons. The Balaban J connectivity index is 2.27. The third-order valence-corrected chi connectivity index (χ3v) is 2.52. The fraction of sp³-hybridized carbons (Fsp3) is 1.00. The number of hydrogen-bond acceptors (Lipinski definition) is 2. The first kappa shape index (κ1) is 10.0. The zero-order valence-corrected chi connectivity index (χ0v) is 8.52. The highest BCUT2D eigenvalue weighted by atomic mass is 16.5. The van der Waals surface area contributed by atoms with Crippen LogP contribution in [-0.4, -0.2) is 26.8 Å². The van der Waals surface area contributed by atoms with Crippen molar-refractivity contribution in [2.75, 3.05) is 26.8 Å².